The second kappa shape index (κ2) is 12.5. The van der Waals surface area contributed by atoms with Crippen molar-refractivity contribution in [3.63, 3.8) is 0 Å². The molecule has 0 spiro atoms. The van der Waals surface area contributed by atoms with E-state index in [0.717, 1.165) is 30.5 Å². The first-order valence-electron chi connectivity index (χ1n) is 14.3. The topological polar surface area (TPSA) is 92.6 Å². The Hall–Kier alpha value is -4.24. The highest BCUT2D eigenvalue weighted by Gasteiger charge is 2.27. The van der Waals surface area contributed by atoms with E-state index in [2.05, 4.69) is 58.3 Å². The molecule has 3 heterocycles. The number of hydrogen-bond acceptors (Lipinski definition) is 7. The van der Waals surface area contributed by atoms with E-state index in [0.29, 0.717) is 30.4 Å². The Bertz CT molecular complexity index is 1530. The van der Waals surface area contributed by atoms with Gasteiger partial charge in [-0.25, -0.2) is 9.78 Å². The van der Waals surface area contributed by atoms with Crippen molar-refractivity contribution in [1.29, 1.82) is 0 Å². The molecule has 9 nitrogen and oxygen atoms in total. The van der Waals surface area contributed by atoms with Crippen LogP contribution in [0.2, 0.25) is 0 Å². The van der Waals surface area contributed by atoms with Crippen LogP contribution in [0.3, 0.4) is 0 Å². The quantitative estimate of drug-likeness (QED) is 0.294. The van der Waals surface area contributed by atoms with Gasteiger partial charge in [-0.3, -0.25) is 14.3 Å². The molecule has 2 aromatic carbocycles. The second-order valence-electron chi connectivity index (χ2n) is 10.8. The minimum atomic E-state index is -0.294. The average Bonchev–Trinajstić information content (AvgIpc) is 2.98. The number of fused-ring (bicyclic) bond motifs is 1. The van der Waals surface area contributed by atoms with Gasteiger partial charge in [-0.15, -0.1) is 0 Å². The van der Waals surface area contributed by atoms with Gasteiger partial charge < -0.3 is 15.0 Å². The predicted octanol–water partition coefficient (Wildman–Crippen LogP) is 5.81. The van der Waals surface area contributed by atoms with Crippen LogP contribution in [0.15, 0.2) is 77.7 Å². The Balaban J connectivity index is 1.21. The van der Waals surface area contributed by atoms with E-state index >= 15 is 0 Å². The molecule has 2 aromatic heterocycles. The number of benzene rings is 2. The first-order chi connectivity index (χ1) is 19.8. The van der Waals surface area contributed by atoms with Crippen molar-refractivity contribution >= 4 is 23.1 Å². The Morgan fingerprint density at radius 1 is 0.927 bits per heavy atom. The number of nitrogens with one attached hydrogen (secondary N) is 1. The summed E-state index contributed by atoms with van der Waals surface area (Å²) >= 11 is 0. The molecule has 4 aromatic rings. The molecule has 1 aliphatic heterocycles. The van der Waals surface area contributed by atoms with Gasteiger partial charge in [0.1, 0.15) is 11.4 Å². The standard InChI is InChI=1S/C32H38N6O3/c1-5-28(36-17-19-37(20-18-36)32(40)41-27-9-7-6-8-10-27)25-13-11-24(12-14-25)23(4)34-31-33-21-26-15-16-29(39)38(22(2)3)30(26)35-31/h6-16,21-23,28H,5,17-20H2,1-4H3,(H,33,34,35)/t23-,28-/m0/s1. The zero-order valence-corrected chi connectivity index (χ0v) is 24.2. The van der Waals surface area contributed by atoms with E-state index in [9.17, 15) is 9.59 Å². The van der Waals surface area contributed by atoms with Gasteiger partial charge in [0, 0.05) is 55.9 Å². The number of hydrogen-bond donors (Lipinski definition) is 1. The van der Waals surface area contributed by atoms with Crippen molar-refractivity contribution in [3.05, 3.63) is 94.4 Å². The summed E-state index contributed by atoms with van der Waals surface area (Å²) in [7, 11) is 0. The average molecular weight is 555 g/mol. The molecule has 9 heteroatoms. The van der Waals surface area contributed by atoms with Crippen molar-refractivity contribution in [2.45, 2.75) is 52.2 Å². The zero-order valence-electron chi connectivity index (χ0n) is 24.2. The molecule has 5 rings (SSSR count). The lowest BCUT2D eigenvalue weighted by atomic mass is 9.98. The highest BCUT2D eigenvalue weighted by molar-refractivity contribution is 5.75. The number of pyridine rings is 1. The Morgan fingerprint density at radius 2 is 1.61 bits per heavy atom. The third kappa shape index (κ3) is 6.41. The van der Waals surface area contributed by atoms with Crippen LogP contribution < -0.4 is 15.6 Å². The predicted molar refractivity (Wildman–Crippen MR) is 161 cm³/mol. The van der Waals surface area contributed by atoms with E-state index in [-0.39, 0.29) is 29.8 Å². The fourth-order valence-electron chi connectivity index (χ4n) is 5.47. The summed E-state index contributed by atoms with van der Waals surface area (Å²) in [5.74, 6) is 1.06. The smallest absolute Gasteiger partial charge is 0.410 e. The van der Waals surface area contributed by atoms with Crippen molar-refractivity contribution in [2.75, 3.05) is 31.5 Å². The van der Waals surface area contributed by atoms with Gasteiger partial charge in [-0.2, -0.15) is 4.98 Å². The molecule has 2 atom stereocenters. The molecule has 0 saturated carbocycles. The van der Waals surface area contributed by atoms with Crippen molar-refractivity contribution in [3.8, 4) is 5.75 Å². The number of rotatable bonds is 8. The van der Waals surface area contributed by atoms with Crippen molar-refractivity contribution in [1.82, 2.24) is 24.3 Å². The number of carbonyl (C=O) groups is 1. The van der Waals surface area contributed by atoms with E-state index in [4.69, 9.17) is 4.74 Å². The molecule has 1 N–H and O–H groups in total. The van der Waals surface area contributed by atoms with Crippen LogP contribution in [0.5, 0.6) is 5.75 Å². The van der Waals surface area contributed by atoms with E-state index in [1.54, 1.807) is 39.9 Å². The van der Waals surface area contributed by atoms with E-state index in [1.165, 1.54) is 5.56 Å². The van der Waals surface area contributed by atoms with Gasteiger partial charge in [0.2, 0.25) is 5.95 Å². The lowest BCUT2D eigenvalue weighted by Gasteiger charge is -2.38. The summed E-state index contributed by atoms with van der Waals surface area (Å²) in [6, 6.07) is 21.5. The molecule has 1 aliphatic rings. The van der Waals surface area contributed by atoms with Crippen LogP contribution in [0, 0.1) is 0 Å². The molecule has 1 saturated heterocycles. The highest BCUT2D eigenvalue weighted by atomic mass is 16.6. The number of nitrogens with zero attached hydrogens (tertiary/aromatic N) is 5. The van der Waals surface area contributed by atoms with Crippen molar-refractivity contribution < 1.29 is 9.53 Å². The monoisotopic (exact) mass is 554 g/mol. The molecule has 1 amide bonds. The Morgan fingerprint density at radius 3 is 2.27 bits per heavy atom. The first-order valence-corrected chi connectivity index (χ1v) is 14.3. The molecular formula is C32H38N6O3. The fourth-order valence-corrected chi connectivity index (χ4v) is 5.47. The number of carbonyl (C=O) groups excluding carboxylic acids is 1. The summed E-state index contributed by atoms with van der Waals surface area (Å²) in [4.78, 5) is 38.4. The van der Waals surface area contributed by atoms with Gasteiger partial charge in [0.25, 0.3) is 5.56 Å². The minimum Gasteiger partial charge on any atom is -0.410 e. The van der Waals surface area contributed by atoms with Gasteiger partial charge in [-0.05, 0) is 56.5 Å². The molecule has 0 unspecified atom stereocenters. The van der Waals surface area contributed by atoms with Gasteiger partial charge in [0.15, 0.2) is 0 Å². The molecule has 0 radical (unpaired) electrons. The third-order valence-electron chi connectivity index (χ3n) is 7.70. The lowest BCUT2D eigenvalue weighted by molar-refractivity contribution is 0.0872. The number of ether oxygens (including phenoxy) is 1. The van der Waals surface area contributed by atoms with Gasteiger partial charge >= 0.3 is 6.09 Å². The van der Waals surface area contributed by atoms with Gasteiger partial charge in [-0.1, -0.05) is 49.4 Å². The van der Waals surface area contributed by atoms with Crippen LogP contribution in [-0.2, 0) is 0 Å². The van der Waals surface area contributed by atoms with E-state index < -0.39 is 0 Å². The molecule has 41 heavy (non-hydrogen) atoms. The lowest BCUT2D eigenvalue weighted by Crippen LogP contribution is -2.50. The summed E-state index contributed by atoms with van der Waals surface area (Å²) in [6.45, 7) is 11.1. The maximum Gasteiger partial charge on any atom is 0.415 e. The normalized spacial score (nSPS) is 15.6. The number of aromatic nitrogens is 3. The largest absolute Gasteiger partial charge is 0.415 e. The van der Waals surface area contributed by atoms with Crippen LogP contribution >= 0.6 is 0 Å². The van der Waals surface area contributed by atoms with Crippen LogP contribution in [0.25, 0.3) is 11.0 Å². The van der Waals surface area contributed by atoms with Crippen LogP contribution in [0.1, 0.15) is 63.4 Å². The Kier molecular flexibility index (Phi) is 8.64. The zero-order chi connectivity index (χ0) is 28.9. The number of piperazine rings is 1. The molecule has 0 bridgehead atoms. The summed E-state index contributed by atoms with van der Waals surface area (Å²) in [6.07, 6.45) is 2.44. The maximum atomic E-state index is 12.6. The first kappa shape index (κ1) is 28.3. The van der Waals surface area contributed by atoms with Crippen LogP contribution in [-0.4, -0.2) is 56.6 Å². The third-order valence-corrected chi connectivity index (χ3v) is 7.70. The second-order valence-corrected chi connectivity index (χ2v) is 10.8. The molecular weight excluding hydrogens is 516 g/mol. The number of para-hydroxylation sites is 1. The van der Waals surface area contributed by atoms with Crippen molar-refractivity contribution in [2.24, 2.45) is 0 Å². The van der Waals surface area contributed by atoms with Crippen LogP contribution in [0.4, 0.5) is 10.7 Å². The maximum absolute atomic E-state index is 12.6. The van der Waals surface area contributed by atoms with E-state index in [1.807, 2.05) is 32.0 Å². The fraction of sp³-hybridized carbons (Fsp3) is 0.375. The molecule has 0 aliphatic carbocycles. The molecule has 1 fully saturated rings. The number of anilines is 1. The molecule has 214 valence electrons. The SMILES string of the molecule is CC[C@@H](c1ccc([C@H](C)Nc2ncc3ccc(=O)n(C(C)C)c3n2)cc1)N1CCN(C(=O)Oc2ccccc2)CC1. The minimum absolute atomic E-state index is 0.00323. The summed E-state index contributed by atoms with van der Waals surface area (Å²) in [5.41, 5.74) is 2.94. The summed E-state index contributed by atoms with van der Waals surface area (Å²) in [5, 5.41) is 4.23. The summed E-state index contributed by atoms with van der Waals surface area (Å²) < 4.78 is 7.21. The Labute approximate surface area is 240 Å². The number of amides is 1. The van der Waals surface area contributed by atoms with Gasteiger partial charge in [0.05, 0.1) is 6.04 Å². The highest BCUT2D eigenvalue weighted by Crippen LogP contribution is 2.28.